The molecule has 0 amide bonds. The molecule has 0 fully saturated rings. The maximum atomic E-state index is 11.9. The van der Waals surface area contributed by atoms with Crippen LogP contribution in [0.5, 0.6) is 0 Å². The molecule has 0 aromatic heterocycles. The average Bonchev–Trinajstić information content (AvgIpc) is 2.31. The van der Waals surface area contributed by atoms with E-state index in [0.29, 0.717) is 10.9 Å². The fourth-order valence-corrected chi connectivity index (χ4v) is 3.48. The van der Waals surface area contributed by atoms with Crippen LogP contribution in [0.4, 0.5) is 5.69 Å². The minimum absolute atomic E-state index is 0.255. The second-order valence-corrected chi connectivity index (χ2v) is 7.09. The van der Waals surface area contributed by atoms with E-state index in [0.717, 1.165) is 11.3 Å². The van der Waals surface area contributed by atoms with Crippen molar-refractivity contribution in [2.24, 2.45) is 0 Å². The van der Waals surface area contributed by atoms with Crippen molar-refractivity contribution in [2.45, 2.75) is 35.3 Å². The maximum absolute atomic E-state index is 11.9. The van der Waals surface area contributed by atoms with E-state index in [2.05, 4.69) is 18.6 Å². The number of benzene rings is 1. The topological polar surface area (TPSA) is 72.2 Å². The normalized spacial score (nSPS) is 13.6. The van der Waals surface area contributed by atoms with Crippen LogP contribution in [0.3, 0.4) is 0 Å². The van der Waals surface area contributed by atoms with Crippen LogP contribution in [0.15, 0.2) is 28.0 Å². The van der Waals surface area contributed by atoms with Gasteiger partial charge in [0.1, 0.15) is 0 Å². The fourth-order valence-electron chi connectivity index (χ4n) is 1.24. The van der Waals surface area contributed by atoms with E-state index in [1.165, 1.54) is 13.1 Å². The molecule has 0 saturated carbocycles. The Morgan fingerprint density at radius 3 is 2.65 bits per heavy atom. The predicted octanol–water partition coefficient (Wildman–Crippen LogP) is 2.07. The van der Waals surface area contributed by atoms with Crippen LogP contribution in [0.1, 0.15) is 20.3 Å². The van der Waals surface area contributed by atoms with Crippen LogP contribution in [-0.2, 0) is 10.0 Å². The largest absolute Gasteiger partial charge is 0.399 e. The molecule has 1 unspecified atom stereocenters. The SMILES string of the molecule is CCC(C)Sc1ccc(N)cc1S(=O)(=O)NC. The lowest BCUT2D eigenvalue weighted by molar-refractivity contribution is 0.586. The molecule has 6 heteroatoms. The van der Waals surface area contributed by atoms with Crippen LogP contribution >= 0.6 is 11.8 Å². The van der Waals surface area contributed by atoms with Gasteiger partial charge in [0.15, 0.2) is 0 Å². The summed E-state index contributed by atoms with van der Waals surface area (Å²) in [5.41, 5.74) is 6.09. The number of nitrogens with two attached hydrogens (primary N) is 1. The lowest BCUT2D eigenvalue weighted by Gasteiger charge is -2.13. The summed E-state index contributed by atoms with van der Waals surface area (Å²) in [7, 11) is -2.06. The zero-order valence-electron chi connectivity index (χ0n) is 10.2. The van der Waals surface area contributed by atoms with Crippen LogP contribution < -0.4 is 10.5 Å². The van der Waals surface area contributed by atoms with Gasteiger partial charge in [0.25, 0.3) is 0 Å². The first-order valence-corrected chi connectivity index (χ1v) is 7.76. The monoisotopic (exact) mass is 274 g/mol. The number of hydrogen-bond acceptors (Lipinski definition) is 4. The molecule has 0 spiro atoms. The Morgan fingerprint density at radius 2 is 2.12 bits per heavy atom. The Hall–Kier alpha value is -0.720. The Morgan fingerprint density at radius 1 is 1.47 bits per heavy atom. The second kappa shape index (κ2) is 5.75. The number of sulfonamides is 1. The highest BCUT2D eigenvalue weighted by Gasteiger charge is 2.18. The van der Waals surface area contributed by atoms with Crippen molar-refractivity contribution in [2.75, 3.05) is 12.8 Å². The summed E-state index contributed by atoms with van der Waals surface area (Å²) < 4.78 is 26.0. The first-order valence-electron chi connectivity index (χ1n) is 5.40. The highest BCUT2D eigenvalue weighted by Crippen LogP contribution is 2.32. The second-order valence-electron chi connectivity index (χ2n) is 3.75. The van der Waals surface area contributed by atoms with Crippen LogP contribution in [-0.4, -0.2) is 20.7 Å². The number of hydrogen-bond donors (Lipinski definition) is 2. The van der Waals surface area contributed by atoms with Crippen molar-refractivity contribution in [3.8, 4) is 0 Å². The van der Waals surface area contributed by atoms with Gasteiger partial charge in [0.05, 0.1) is 4.90 Å². The molecule has 0 bridgehead atoms. The zero-order valence-corrected chi connectivity index (χ0v) is 11.9. The Kier molecular flexibility index (Phi) is 4.85. The van der Waals surface area contributed by atoms with Crippen LogP contribution in [0.2, 0.25) is 0 Å². The standard InChI is InChI=1S/C11H18N2O2S2/c1-4-8(2)16-10-6-5-9(12)7-11(10)17(14,15)13-3/h5-8,13H,4,12H2,1-3H3. The Labute approximate surface area is 107 Å². The van der Waals surface area contributed by atoms with Crippen molar-refractivity contribution in [3.63, 3.8) is 0 Å². The maximum Gasteiger partial charge on any atom is 0.241 e. The summed E-state index contributed by atoms with van der Waals surface area (Å²) in [6.07, 6.45) is 0.980. The minimum atomic E-state index is -3.46. The van der Waals surface area contributed by atoms with E-state index < -0.39 is 10.0 Å². The van der Waals surface area contributed by atoms with Crippen molar-refractivity contribution in [3.05, 3.63) is 18.2 Å². The van der Waals surface area contributed by atoms with Gasteiger partial charge >= 0.3 is 0 Å². The van der Waals surface area contributed by atoms with Gasteiger partial charge in [0.2, 0.25) is 10.0 Å². The smallest absolute Gasteiger partial charge is 0.241 e. The van der Waals surface area contributed by atoms with Gasteiger partial charge in [-0.2, -0.15) is 0 Å². The lowest BCUT2D eigenvalue weighted by Crippen LogP contribution is -2.19. The van der Waals surface area contributed by atoms with Crippen molar-refractivity contribution < 1.29 is 8.42 Å². The molecule has 1 aromatic rings. The number of nitrogen functional groups attached to an aromatic ring is 1. The summed E-state index contributed by atoms with van der Waals surface area (Å²) in [5, 5.41) is 0.365. The Balaban J connectivity index is 3.22. The third kappa shape index (κ3) is 3.62. The number of rotatable bonds is 5. The fraction of sp³-hybridized carbons (Fsp3) is 0.455. The molecule has 3 N–H and O–H groups in total. The molecule has 1 aromatic carbocycles. The third-order valence-corrected chi connectivity index (χ3v) is 5.36. The van der Waals surface area contributed by atoms with Crippen LogP contribution in [0, 0.1) is 0 Å². The van der Waals surface area contributed by atoms with Gasteiger partial charge in [-0.25, -0.2) is 13.1 Å². The van der Waals surface area contributed by atoms with E-state index in [-0.39, 0.29) is 4.90 Å². The number of nitrogens with one attached hydrogen (secondary N) is 1. The molecule has 0 aliphatic rings. The highest BCUT2D eigenvalue weighted by molar-refractivity contribution is 8.00. The first kappa shape index (κ1) is 14.3. The summed E-state index contributed by atoms with van der Waals surface area (Å²) >= 11 is 1.55. The molecule has 1 rings (SSSR count). The van der Waals surface area contributed by atoms with Gasteiger partial charge in [-0.1, -0.05) is 13.8 Å². The molecule has 0 aliphatic heterocycles. The predicted molar refractivity (Wildman–Crippen MR) is 72.7 cm³/mol. The molecule has 17 heavy (non-hydrogen) atoms. The zero-order chi connectivity index (χ0) is 13.1. The molecule has 0 radical (unpaired) electrons. The molecule has 4 nitrogen and oxygen atoms in total. The van der Waals surface area contributed by atoms with E-state index >= 15 is 0 Å². The molecule has 1 atom stereocenters. The van der Waals surface area contributed by atoms with E-state index in [1.807, 2.05) is 0 Å². The lowest BCUT2D eigenvalue weighted by atomic mass is 10.3. The Bertz CT molecular complexity index is 486. The minimum Gasteiger partial charge on any atom is -0.399 e. The summed E-state index contributed by atoms with van der Waals surface area (Å²) in [6.45, 7) is 4.14. The van der Waals surface area contributed by atoms with Crippen molar-refractivity contribution in [1.82, 2.24) is 4.72 Å². The summed E-state index contributed by atoms with van der Waals surface area (Å²) in [4.78, 5) is 0.994. The number of anilines is 1. The average molecular weight is 274 g/mol. The van der Waals surface area contributed by atoms with E-state index in [9.17, 15) is 8.42 Å². The first-order chi connectivity index (χ1) is 7.90. The summed E-state index contributed by atoms with van der Waals surface area (Å²) in [6, 6.07) is 4.98. The highest BCUT2D eigenvalue weighted by atomic mass is 32.2. The molecule has 0 saturated heterocycles. The summed E-state index contributed by atoms with van der Waals surface area (Å²) in [5.74, 6) is 0. The van der Waals surface area contributed by atoms with Gasteiger partial charge in [0, 0.05) is 15.8 Å². The van der Waals surface area contributed by atoms with Gasteiger partial charge in [-0.15, -0.1) is 11.8 Å². The van der Waals surface area contributed by atoms with Gasteiger partial charge < -0.3 is 5.73 Å². The molecular formula is C11H18N2O2S2. The third-order valence-electron chi connectivity index (χ3n) is 2.43. The van der Waals surface area contributed by atoms with Crippen LogP contribution in [0.25, 0.3) is 0 Å². The van der Waals surface area contributed by atoms with E-state index in [4.69, 9.17) is 5.73 Å². The molecular weight excluding hydrogens is 256 g/mol. The number of thioether (sulfide) groups is 1. The molecule has 96 valence electrons. The van der Waals surface area contributed by atoms with E-state index in [1.54, 1.807) is 23.9 Å². The molecule has 0 aliphatic carbocycles. The van der Waals surface area contributed by atoms with Crippen molar-refractivity contribution >= 4 is 27.5 Å². The molecule has 0 heterocycles. The van der Waals surface area contributed by atoms with Crippen molar-refractivity contribution in [1.29, 1.82) is 0 Å². The quantitative estimate of drug-likeness (QED) is 0.637. The van der Waals surface area contributed by atoms with Gasteiger partial charge in [-0.05, 0) is 31.7 Å². The van der Waals surface area contributed by atoms with Gasteiger partial charge in [-0.3, -0.25) is 0 Å².